The van der Waals surface area contributed by atoms with Gasteiger partial charge in [-0.25, -0.2) is 9.37 Å². The van der Waals surface area contributed by atoms with Gasteiger partial charge < -0.3 is 4.57 Å². The molecule has 0 saturated heterocycles. The molecule has 0 unspecified atom stereocenters. The van der Waals surface area contributed by atoms with Crippen LogP contribution in [0.15, 0.2) is 60.7 Å². The Morgan fingerprint density at radius 1 is 1.12 bits per heavy atom. The maximum atomic E-state index is 13.1. The third kappa shape index (κ3) is 2.92. The van der Waals surface area contributed by atoms with Gasteiger partial charge in [0.25, 0.3) is 0 Å². The van der Waals surface area contributed by atoms with Crippen molar-refractivity contribution in [2.45, 2.75) is 0 Å². The lowest BCUT2D eigenvalue weighted by Gasteiger charge is -2.06. The monoisotopic (exact) mass is 359 g/mol. The van der Waals surface area contributed by atoms with Crippen molar-refractivity contribution < 1.29 is 4.39 Å². The van der Waals surface area contributed by atoms with Gasteiger partial charge in [-0.05, 0) is 60.2 Å². The first-order valence-corrected chi connectivity index (χ1v) is 8.87. The van der Waals surface area contributed by atoms with Crippen LogP contribution in [0.1, 0.15) is 10.7 Å². The molecule has 4 aromatic rings. The summed E-state index contributed by atoms with van der Waals surface area (Å²) in [7, 11) is 1.93. The summed E-state index contributed by atoms with van der Waals surface area (Å²) in [6.45, 7) is 0. The lowest BCUT2D eigenvalue weighted by molar-refractivity contribution is 0.628. The van der Waals surface area contributed by atoms with Crippen molar-refractivity contribution in [3.63, 3.8) is 0 Å². The average Bonchev–Trinajstić information content (AvgIpc) is 3.24. The molecule has 126 valence electrons. The highest BCUT2D eigenvalue weighted by Gasteiger charge is 2.11. The van der Waals surface area contributed by atoms with E-state index >= 15 is 0 Å². The first-order chi connectivity index (χ1) is 12.7. The van der Waals surface area contributed by atoms with Crippen molar-refractivity contribution in [2.24, 2.45) is 7.05 Å². The zero-order valence-electron chi connectivity index (χ0n) is 14.0. The minimum Gasteiger partial charge on any atom is -0.344 e. The van der Waals surface area contributed by atoms with Crippen molar-refractivity contribution in [1.82, 2.24) is 9.55 Å². The van der Waals surface area contributed by atoms with E-state index in [9.17, 15) is 9.65 Å². The molecular weight excluding hydrogens is 345 g/mol. The molecule has 2 heterocycles. The fraction of sp³-hybridized carbons (Fsp3) is 0.0476. The fourth-order valence-electron chi connectivity index (χ4n) is 2.86. The van der Waals surface area contributed by atoms with Crippen molar-refractivity contribution in [1.29, 1.82) is 5.26 Å². The second-order valence-electron chi connectivity index (χ2n) is 5.87. The Morgan fingerprint density at radius 2 is 1.88 bits per heavy atom. The van der Waals surface area contributed by atoms with Crippen molar-refractivity contribution in [3.8, 4) is 17.3 Å². The van der Waals surface area contributed by atoms with Crippen molar-refractivity contribution in [2.75, 3.05) is 0 Å². The van der Waals surface area contributed by atoms with E-state index in [2.05, 4.69) is 11.1 Å². The number of thiazole rings is 1. The molecule has 0 atom stereocenters. The van der Waals surface area contributed by atoms with Crippen LogP contribution in [0.5, 0.6) is 0 Å². The molecule has 5 heteroatoms. The Morgan fingerprint density at radius 3 is 2.62 bits per heavy atom. The smallest absolute Gasteiger partial charge is 0.135 e. The van der Waals surface area contributed by atoms with Gasteiger partial charge in [0.1, 0.15) is 16.9 Å². The highest BCUT2D eigenvalue weighted by Crippen LogP contribution is 2.29. The summed E-state index contributed by atoms with van der Waals surface area (Å²) in [4.78, 5) is 4.56. The number of hydrogen-bond donors (Lipinski definition) is 0. The Labute approximate surface area is 154 Å². The van der Waals surface area contributed by atoms with Gasteiger partial charge in [0.2, 0.25) is 0 Å². The lowest BCUT2D eigenvalue weighted by atomic mass is 10.1. The van der Waals surface area contributed by atoms with Gasteiger partial charge in [-0.2, -0.15) is 5.26 Å². The molecule has 0 aliphatic rings. The number of rotatable bonds is 3. The third-order valence-corrected chi connectivity index (χ3v) is 5.31. The van der Waals surface area contributed by atoms with Crippen LogP contribution in [0.4, 0.5) is 4.39 Å². The molecule has 0 fully saturated rings. The van der Waals surface area contributed by atoms with Crippen LogP contribution in [0.3, 0.4) is 0 Å². The maximum absolute atomic E-state index is 13.1. The van der Waals surface area contributed by atoms with E-state index in [0.29, 0.717) is 10.6 Å². The molecule has 0 radical (unpaired) electrons. The van der Waals surface area contributed by atoms with E-state index in [1.807, 2.05) is 54.1 Å². The van der Waals surface area contributed by atoms with E-state index < -0.39 is 0 Å². The first kappa shape index (κ1) is 16.2. The normalized spacial score (nSPS) is 11.7. The standard InChI is InChI=1S/C21H14FN3S/c1-25-17(10-11-19(25)14-6-8-16(22)9-7-14)12-15(13-23)21-24-18-4-2-3-5-20(18)26-21/h2-12H,1H3/b15-12+. The summed E-state index contributed by atoms with van der Waals surface area (Å²) < 4.78 is 16.2. The molecule has 4 rings (SSSR count). The van der Waals surface area contributed by atoms with Gasteiger partial charge in [-0.1, -0.05) is 12.1 Å². The minimum absolute atomic E-state index is 0.259. The molecule has 0 bridgehead atoms. The predicted molar refractivity (Wildman–Crippen MR) is 104 cm³/mol. The average molecular weight is 359 g/mol. The van der Waals surface area contributed by atoms with Crippen LogP contribution in [-0.2, 0) is 7.05 Å². The van der Waals surface area contributed by atoms with Gasteiger partial charge in [0.15, 0.2) is 0 Å². The van der Waals surface area contributed by atoms with E-state index in [1.165, 1.54) is 23.5 Å². The molecule has 26 heavy (non-hydrogen) atoms. The minimum atomic E-state index is -0.259. The Balaban J connectivity index is 1.75. The molecule has 0 amide bonds. The molecule has 2 aromatic heterocycles. The molecular formula is C21H14FN3S. The van der Waals surface area contributed by atoms with Crippen LogP contribution in [-0.4, -0.2) is 9.55 Å². The zero-order chi connectivity index (χ0) is 18.1. The third-order valence-electron chi connectivity index (χ3n) is 4.24. The highest BCUT2D eigenvalue weighted by atomic mass is 32.1. The van der Waals surface area contributed by atoms with E-state index in [1.54, 1.807) is 12.1 Å². The molecule has 3 nitrogen and oxygen atoms in total. The van der Waals surface area contributed by atoms with Gasteiger partial charge in [-0.15, -0.1) is 11.3 Å². The zero-order valence-corrected chi connectivity index (χ0v) is 14.8. The fourth-order valence-corrected chi connectivity index (χ4v) is 3.79. The molecule has 0 spiro atoms. The SMILES string of the molecule is Cn1c(/C=C(\C#N)c2nc3ccccc3s2)ccc1-c1ccc(F)cc1. The quantitative estimate of drug-likeness (QED) is 0.453. The topological polar surface area (TPSA) is 41.6 Å². The molecule has 2 aromatic carbocycles. The summed E-state index contributed by atoms with van der Waals surface area (Å²) in [5.41, 5.74) is 4.19. The predicted octanol–water partition coefficient (Wildman–Crippen LogP) is 5.51. The molecule has 0 aliphatic heterocycles. The number of fused-ring (bicyclic) bond motifs is 1. The first-order valence-electron chi connectivity index (χ1n) is 8.05. The number of nitriles is 1. The van der Waals surface area contributed by atoms with E-state index in [4.69, 9.17) is 0 Å². The largest absolute Gasteiger partial charge is 0.344 e. The Bertz CT molecular complexity index is 1130. The van der Waals surface area contributed by atoms with Crippen molar-refractivity contribution >= 4 is 33.2 Å². The van der Waals surface area contributed by atoms with Gasteiger partial charge in [-0.3, -0.25) is 0 Å². The number of nitrogens with zero attached hydrogens (tertiary/aromatic N) is 3. The number of halogens is 1. The molecule has 0 N–H and O–H groups in total. The Kier molecular flexibility index (Phi) is 4.11. The van der Waals surface area contributed by atoms with Crippen LogP contribution in [0.25, 0.3) is 33.1 Å². The van der Waals surface area contributed by atoms with Gasteiger partial charge in [0.05, 0.1) is 15.8 Å². The Hall–Kier alpha value is -3.23. The van der Waals surface area contributed by atoms with E-state index in [-0.39, 0.29) is 5.82 Å². The van der Waals surface area contributed by atoms with E-state index in [0.717, 1.165) is 27.2 Å². The summed E-state index contributed by atoms with van der Waals surface area (Å²) in [5, 5.41) is 10.3. The van der Waals surface area contributed by atoms with Gasteiger partial charge >= 0.3 is 0 Å². The second kappa shape index (κ2) is 6.58. The number of para-hydroxylation sites is 1. The maximum Gasteiger partial charge on any atom is 0.135 e. The highest BCUT2D eigenvalue weighted by molar-refractivity contribution is 7.19. The van der Waals surface area contributed by atoms with Crippen LogP contribution in [0.2, 0.25) is 0 Å². The summed E-state index contributed by atoms with van der Waals surface area (Å²) in [6, 6.07) is 20.4. The number of allylic oxidation sites excluding steroid dienone is 1. The molecule has 0 aliphatic carbocycles. The number of benzene rings is 2. The number of aromatic nitrogens is 2. The molecule has 0 saturated carbocycles. The summed E-state index contributed by atoms with van der Waals surface area (Å²) >= 11 is 1.51. The summed E-state index contributed by atoms with van der Waals surface area (Å²) in [6.07, 6.45) is 1.84. The van der Waals surface area contributed by atoms with Gasteiger partial charge in [0, 0.05) is 18.4 Å². The lowest BCUT2D eigenvalue weighted by Crippen LogP contribution is -1.94. The van der Waals surface area contributed by atoms with Crippen LogP contribution >= 0.6 is 11.3 Å². The van der Waals surface area contributed by atoms with Crippen LogP contribution < -0.4 is 0 Å². The summed E-state index contributed by atoms with van der Waals surface area (Å²) in [5.74, 6) is -0.259. The van der Waals surface area contributed by atoms with Crippen molar-refractivity contribution in [3.05, 3.63) is 77.2 Å². The second-order valence-corrected chi connectivity index (χ2v) is 6.90. The van der Waals surface area contributed by atoms with Crippen LogP contribution in [0, 0.1) is 17.1 Å². The number of hydrogen-bond acceptors (Lipinski definition) is 3.